The van der Waals surface area contributed by atoms with Crippen LogP contribution in [0.1, 0.15) is 54.1 Å². The normalized spacial score (nSPS) is 12.1. The van der Waals surface area contributed by atoms with Crippen molar-refractivity contribution in [3.05, 3.63) is 29.3 Å². The van der Waals surface area contributed by atoms with Crippen LogP contribution >= 0.6 is 0 Å². The van der Waals surface area contributed by atoms with Gasteiger partial charge in [0.25, 0.3) is 0 Å². The van der Waals surface area contributed by atoms with Crippen molar-refractivity contribution in [3.8, 4) is 5.75 Å². The van der Waals surface area contributed by atoms with E-state index in [9.17, 15) is 5.11 Å². The molecule has 0 saturated carbocycles. The zero-order chi connectivity index (χ0) is 11.9. The summed E-state index contributed by atoms with van der Waals surface area (Å²) in [4.78, 5) is 0. The van der Waals surface area contributed by atoms with Gasteiger partial charge in [-0.25, -0.2) is 0 Å². The van der Waals surface area contributed by atoms with Gasteiger partial charge in [-0.05, 0) is 22.0 Å². The molecular formula is C14H23LiO. The average Bonchev–Trinajstić information content (AvgIpc) is 1.99. The first-order valence-corrected chi connectivity index (χ1v) is 5.47. The molecule has 0 spiro atoms. The first-order chi connectivity index (χ1) is 6.64. The first-order valence-electron chi connectivity index (χ1n) is 5.47. The van der Waals surface area contributed by atoms with Gasteiger partial charge < -0.3 is 6.53 Å². The summed E-state index contributed by atoms with van der Waals surface area (Å²) in [6, 6.07) is 6.04. The fraction of sp³-hybridized carbons (Fsp3) is 0.571. The molecule has 0 aliphatic carbocycles. The van der Waals surface area contributed by atoms with E-state index in [-0.39, 0.29) is 31.1 Å². The van der Waals surface area contributed by atoms with Gasteiger partial charge in [0.1, 0.15) is 5.75 Å². The molecule has 0 bridgehead atoms. The smallest absolute Gasteiger partial charge is 1.00 e. The van der Waals surface area contributed by atoms with Crippen molar-refractivity contribution in [3.63, 3.8) is 0 Å². The van der Waals surface area contributed by atoms with Crippen LogP contribution in [0.2, 0.25) is 0 Å². The molecule has 1 N–H and O–H groups in total. The Kier molecular flexibility index (Phi) is 4.74. The second-order valence-electron chi connectivity index (χ2n) is 6.20. The van der Waals surface area contributed by atoms with E-state index in [1.807, 2.05) is 18.2 Å². The average molecular weight is 214 g/mol. The van der Waals surface area contributed by atoms with Gasteiger partial charge in [-0.1, -0.05) is 59.7 Å². The molecule has 0 aliphatic rings. The molecule has 1 rings (SSSR count). The Morgan fingerprint density at radius 3 is 1.44 bits per heavy atom. The van der Waals surface area contributed by atoms with Gasteiger partial charge in [-0.2, -0.15) is 0 Å². The van der Waals surface area contributed by atoms with Crippen LogP contribution < -0.4 is 18.9 Å². The van der Waals surface area contributed by atoms with Crippen molar-refractivity contribution >= 4 is 0 Å². The maximum atomic E-state index is 10.3. The third-order valence-corrected chi connectivity index (χ3v) is 2.65. The van der Waals surface area contributed by atoms with E-state index >= 15 is 0 Å². The summed E-state index contributed by atoms with van der Waals surface area (Å²) in [6.45, 7) is 12.7. The number of hydrogen-bond donors (Lipinski definition) is 1. The van der Waals surface area contributed by atoms with Crippen LogP contribution in [0.3, 0.4) is 0 Å². The minimum atomic E-state index is -0.00859. The van der Waals surface area contributed by atoms with Gasteiger partial charge in [0.2, 0.25) is 0 Å². The monoisotopic (exact) mass is 214 g/mol. The van der Waals surface area contributed by atoms with E-state index in [1.165, 1.54) is 0 Å². The molecule has 0 atom stereocenters. The van der Waals surface area contributed by atoms with E-state index in [2.05, 4.69) is 41.5 Å². The molecule has 0 amide bonds. The number of hydrogen-bond acceptors (Lipinski definition) is 1. The molecule has 0 heterocycles. The Labute approximate surface area is 113 Å². The Morgan fingerprint density at radius 1 is 0.875 bits per heavy atom. The Balaban J connectivity index is 0. The Morgan fingerprint density at radius 2 is 1.19 bits per heavy atom. The first kappa shape index (κ1) is 15.6. The number of aromatic hydroxyl groups is 1. The van der Waals surface area contributed by atoms with Crippen LogP contribution in [0.5, 0.6) is 5.75 Å². The molecule has 1 aromatic rings. The fourth-order valence-corrected chi connectivity index (χ4v) is 1.75. The van der Waals surface area contributed by atoms with Crippen LogP contribution in [0.4, 0.5) is 0 Å². The summed E-state index contributed by atoms with van der Waals surface area (Å²) < 4.78 is 0. The predicted octanol–water partition coefficient (Wildman–Crippen LogP) is 1.10. The molecular weight excluding hydrogens is 191 g/mol. The van der Waals surface area contributed by atoms with Gasteiger partial charge in [0.05, 0.1) is 0 Å². The SMILES string of the molecule is CC(C)(C)c1cccc(C(C)(C)C)c1O.[H-].[Li+]. The predicted molar refractivity (Wildman–Crippen MR) is 66.6 cm³/mol. The number of para-hydroxylation sites is 1. The minimum Gasteiger partial charge on any atom is -1.00 e. The third-order valence-electron chi connectivity index (χ3n) is 2.65. The van der Waals surface area contributed by atoms with Gasteiger partial charge in [-0.3, -0.25) is 0 Å². The second kappa shape index (κ2) is 4.86. The zero-order valence-corrected chi connectivity index (χ0v) is 11.7. The molecule has 0 radical (unpaired) electrons. The molecule has 0 unspecified atom stereocenters. The van der Waals surface area contributed by atoms with E-state index in [1.54, 1.807) is 0 Å². The fourth-order valence-electron chi connectivity index (χ4n) is 1.75. The van der Waals surface area contributed by atoms with Crippen LogP contribution in [0, 0.1) is 0 Å². The maximum absolute atomic E-state index is 10.3. The maximum Gasteiger partial charge on any atom is 1.00 e. The van der Waals surface area contributed by atoms with Crippen molar-refractivity contribution < 1.29 is 25.4 Å². The minimum absolute atomic E-state index is 0. The second-order valence-corrected chi connectivity index (χ2v) is 6.20. The van der Waals surface area contributed by atoms with Crippen LogP contribution in [0.25, 0.3) is 0 Å². The number of rotatable bonds is 0. The van der Waals surface area contributed by atoms with Crippen molar-refractivity contribution in [2.24, 2.45) is 0 Å². The van der Waals surface area contributed by atoms with Crippen molar-refractivity contribution in [1.29, 1.82) is 0 Å². The van der Waals surface area contributed by atoms with Gasteiger partial charge in [0.15, 0.2) is 0 Å². The summed E-state index contributed by atoms with van der Waals surface area (Å²) in [6.07, 6.45) is 0. The largest absolute Gasteiger partial charge is 1.00 e. The van der Waals surface area contributed by atoms with Gasteiger partial charge in [-0.15, -0.1) is 0 Å². The summed E-state index contributed by atoms with van der Waals surface area (Å²) in [7, 11) is 0. The topological polar surface area (TPSA) is 20.2 Å². The van der Waals surface area contributed by atoms with Gasteiger partial charge >= 0.3 is 18.9 Å². The summed E-state index contributed by atoms with van der Waals surface area (Å²) in [5, 5.41) is 10.3. The van der Waals surface area contributed by atoms with Crippen LogP contribution in [-0.2, 0) is 10.8 Å². The summed E-state index contributed by atoms with van der Waals surface area (Å²) in [5.74, 6) is 0.456. The molecule has 2 heteroatoms. The van der Waals surface area contributed by atoms with E-state index < -0.39 is 0 Å². The number of benzene rings is 1. The molecule has 86 valence electrons. The van der Waals surface area contributed by atoms with Crippen LogP contribution in [-0.4, -0.2) is 5.11 Å². The van der Waals surface area contributed by atoms with Gasteiger partial charge in [0, 0.05) is 0 Å². The summed E-state index contributed by atoms with van der Waals surface area (Å²) >= 11 is 0. The van der Waals surface area contributed by atoms with Crippen molar-refractivity contribution in [2.45, 2.75) is 52.4 Å². The molecule has 0 aromatic heterocycles. The number of phenols is 1. The molecule has 1 nitrogen and oxygen atoms in total. The van der Waals surface area contributed by atoms with E-state index in [0.29, 0.717) is 5.75 Å². The molecule has 0 fully saturated rings. The molecule has 0 saturated heterocycles. The van der Waals surface area contributed by atoms with E-state index in [4.69, 9.17) is 0 Å². The molecule has 16 heavy (non-hydrogen) atoms. The van der Waals surface area contributed by atoms with E-state index in [0.717, 1.165) is 11.1 Å². The van der Waals surface area contributed by atoms with Crippen molar-refractivity contribution in [1.82, 2.24) is 0 Å². The number of phenolic OH excluding ortho intramolecular Hbond substituents is 1. The summed E-state index contributed by atoms with van der Waals surface area (Å²) in [5.41, 5.74) is 2.03. The Bertz CT molecular complexity index is 329. The quantitative estimate of drug-likeness (QED) is 0.641. The molecule has 1 aromatic carbocycles. The standard InChI is InChI=1S/C14H22O.Li.H/c1-13(2,3)10-8-7-9-11(12(10)15)14(4,5)6;;/h7-9,15H,1-6H3;;/q;+1;-1. The zero-order valence-electron chi connectivity index (χ0n) is 12.7. The third kappa shape index (κ3) is 3.30. The Hall–Kier alpha value is -0.383. The van der Waals surface area contributed by atoms with Crippen LogP contribution in [0.15, 0.2) is 18.2 Å². The van der Waals surface area contributed by atoms with Crippen molar-refractivity contribution in [2.75, 3.05) is 0 Å². The molecule has 0 aliphatic heterocycles.